The lowest BCUT2D eigenvalue weighted by Crippen LogP contribution is -2.21. The summed E-state index contributed by atoms with van der Waals surface area (Å²) >= 11 is 0. The second kappa shape index (κ2) is 6.47. The van der Waals surface area contributed by atoms with Gasteiger partial charge in [-0.3, -0.25) is 0 Å². The SMILES string of the molecule is CCCNC(CC)c1ccn(Cc2nnn(C)n2)c1. The predicted octanol–water partition coefficient (Wildman–Crippen LogP) is 1.51. The monoisotopic (exact) mass is 262 g/mol. The summed E-state index contributed by atoms with van der Waals surface area (Å²) < 4.78 is 2.10. The molecule has 1 N–H and O–H groups in total. The summed E-state index contributed by atoms with van der Waals surface area (Å²) in [7, 11) is 1.78. The van der Waals surface area contributed by atoms with E-state index in [-0.39, 0.29) is 0 Å². The molecule has 0 amide bonds. The van der Waals surface area contributed by atoms with Crippen LogP contribution < -0.4 is 5.32 Å². The number of tetrazole rings is 1. The molecule has 2 aromatic heterocycles. The van der Waals surface area contributed by atoms with Crippen LogP contribution >= 0.6 is 0 Å². The van der Waals surface area contributed by atoms with Crippen LogP contribution in [0.5, 0.6) is 0 Å². The van der Waals surface area contributed by atoms with Crippen LogP contribution in [0.3, 0.4) is 0 Å². The molecule has 0 radical (unpaired) electrons. The highest BCUT2D eigenvalue weighted by Gasteiger charge is 2.10. The molecule has 104 valence electrons. The van der Waals surface area contributed by atoms with Crippen molar-refractivity contribution in [1.29, 1.82) is 0 Å². The van der Waals surface area contributed by atoms with Gasteiger partial charge in [0.15, 0.2) is 5.82 Å². The highest BCUT2D eigenvalue weighted by atomic mass is 15.6. The zero-order valence-corrected chi connectivity index (χ0v) is 11.9. The van der Waals surface area contributed by atoms with E-state index >= 15 is 0 Å². The number of nitrogens with one attached hydrogen (secondary N) is 1. The number of hydrogen-bond donors (Lipinski definition) is 1. The van der Waals surface area contributed by atoms with Gasteiger partial charge in [-0.2, -0.15) is 4.80 Å². The molecular weight excluding hydrogens is 240 g/mol. The molecule has 0 bridgehead atoms. The number of aryl methyl sites for hydroxylation is 1. The first-order valence-corrected chi connectivity index (χ1v) is 6.84. The van der Waals surface area contributed by atoms with Gasteiger partial charge >= 0.3 is 0 Å². The lowest BCUT2D eigenvalue weighted by Gasteiger charge is -2.14. The molecule has 0 saturated heterocycles. The molecule has 0 aromatic carbocycles. The van der Waals surface area contributed by atoms with E-state index in [0.717, 1.165) is 25.2 Å². The Labute approximate surface area is 113 Å². The number of aromatic nitrogens is 5. The maximum Gasteiger partial charge on any atom is 0.194 e. The fourth-order valence-electron chi connectivity index (χ4n) is 2.13. The van der Waals surface area contributed by atoms with Crippen LogP contribution in [0.2, 0.25) is 0 Å². The Morgan fingerprint density at radius 3 is 2.84 bits per heavy atom. The smallest absolute Gasteiger partial charge is 0.194 e. The maximum atomic E-state index is 4.19. The molecule has 0 aliphatic carbocycles. The minimum absolute atomic E-state index is 0.427. The standard InChI is InChI=1S/C13H22N6/c1-4-7-14-12(5-2)11-6-8-19(9-11)10-13-15-17-18(3)16-13/h6,8-9,12,14H,4-5,7,10H2,1-3H3. The van der Waals surface area contributed by atoms with E-state index in [2.05, 4.69) is 57.6 Å². The number of nitrogens with zero attached hydrogens (tertiary/aromatic N) is 5. The Hall–Kier alpha value is -1.69. The maximum absolute atomic E-state index is 4.19. The average molecular weight is 262 g/mol. The molecular formula is C13H22N6. The Kier molecular flexibility index (Phi) is 4.68. The third-order valence-electron chi connectivity index (χ3n) is 3.10. The zero-order chi connectivity index (χ0) is 13.7. The molecule has 0 saturated carbocycles. The van der Waals surface area contributed by atoms with Gasteiger partial charge in [-0.05, 0) is 36.2 Å². The second-order valence-electron chi connectivity index (χ2n) is 4.73. The van der Waals surface area contributed by atoms with Crippen LogP contribution in [0.25, 0.3) is 0 Å². The summed E-state index contributed by atoms with van der Waals surface area (Å²) in [6, 6.07) is 2.59. The summed E-state index contributed by atoms with van der Waals surface area (Å²) in [6.07, 6.45) is 6.48. The van der Waals surface area contributed by atoms with Crippen molar-refractivity contribution in [2.75, 3.05) is 6.54 Å². The van der Waals surface area contributed by atoms with Gasteiger partial charge in [0.25, 0.3) is 0 Å². The molecule has 0 spiro atoms. The van der Waals surface area contributed by atoms with Crippen LogP contribution in [-0.4, -0.2) is 31.3 Å². The molecule has 2 rings (SSSR count). The third-order valence-corrected chi connectivity index (χ3v) is 3.10. The average Bonchev–Trinajstić information content (AvgIpc) is 3.01. The Balaban J connectivity index is 2.01. The first kappa shape index (κ1) is 13.7. The van der Waals surface area contributed by atoms with Gasteiger partial charge < -0.3 is 9.88 Å². The Morgan fingerprint density at radius 1 is 1.37 bits per heavy atom. The van der Waals surface area contributed by atoms with Crippen LogP contribution in [-0.2, 0) is 13.6 Å². The molecule has 1 atom stereocenters. The normalized spacial score (nSPS) is 12.8. The van der Waals surface area contributed by atoms with E-state index in [1.54, 1.807) is 7.05 Å². The Morgan fingerprint density at radius 2 is 2.21 bits per heavy atom. The van der Waals surface area contributed by atoms with Crippen LogP contribution in [0, 0.1) is 0 Å². The zero-order valence-electron chi connectivity index (χ0n) is 11.9. The fraction of sp³-hybridized carbons (Fsp3) is 0.615. The van der Waals surface area contributed by atoms with E-state index in [1.165, 1.54) is 10.4 Å². The van der Waals surface area contributed by atoms with Crippen molar-refractivity contribution in [2.24, 2.45) is 7.05 Å². The van der Waals surface area contributed by atoms with Gasteiger partial charge in [-0.15, -0.1) is 10.2 Å². The van der Waals surface area contributed by atoms with Crippen LogP contribution in [0.1, 0.15) is 44.1 Å². The van der Waals surface area contributed by atoms with E-state index in [1.807, 2.05) is 0 Å². The Bertz CT molecular complexity index is 501. The van der Waals surface area contributed by atoms with Crippen LogP contribution in [0.15, 0.2) is 18.5 Å². The molecule has 6 nitrogen and oxygen atoms in total. The van der Waals surface area contributed by atoms with E-state index in [0.29, 0.717) is 12.6 Å². The quantitative estimate of drug-likeness (QED) is 0.821. The van der Waals surface area contributed by atoms with Crippen molar-refractivity contribution in [1.82, 2.24) is 30.1 Å². The van der Waals surface area contributed by atoms with Gasteiger partial charge in [-0.25, -0.2) is 0 Å². The molecule has 2 aromatic rings. The lowest BCUT2D eigenvalue weighted by molar-refractivity contribution is 0.517. The van der Waals surface area contributed by atoms with Crippen molar-refractivity contribution in [3.63, 3.8) is 0 Å². The molecule has 2 heterocycles. The molecule has 6 heteroatoms. The summed E-state index contributed by atoms with van der Waals surface area (Å²) in [5.41, 5.74) is 1.32. The molecule has 1 unspecified atom stereocenters. The third kappa shape index (κ3) is 3.64. The van der Waals surface area contributed by atoms with E-state index < -0.39 is 0 Å². The molecule has 0 fully saturated rings. The summed E-state index contributed by atoms with van der Waals surface area (Å²) in [6.45, 7) is 6.10. The van der Waals surface area contributed by atoms with Crippen LogP contribution in [0.4, 0.5) is 0 Å². The van der Waals surface area contributed by atoms with Crippen molar-refractivity contribution >= 4 is 0 Å². The summed E-state index contributed by atoms with van der Waals surface area (Å²) in [5, 5.41) is 15.6. The molecule has 19 heavy (non-hydrogen) atoms. The number of hydrogen-bond acceptors (Lipinski definition) is 4. The van der Waals surface area contributed by atoms with Crippen molar-refractivity contribution < 1.29 is 0 Å². The van der Waals surface area contributed by atoms with Gasteiger partial charge in [0.05, 0.1) is 13.6 Å². The van der Waals surface area contributed by atoms with Gasteiger partial charge in [0.2, 0.25) is 0 Å². The van der Waals surface area contributed by atoms with Gasteiger partial charge in [0, 0.05) is 18.4 Å². The summed E-state index contributed by atoms with van der Waals surface area (Å²) in [5.74, 6) is 0.735. The first-order chi connectivity index (χ1) is 9.22. The molecule has 0 aliphatic rings. The number of rotatable bonds is 7. The highest BCUT2D eigenvalue weighted by Crippen LogP contribution is 2.17. The lowest BCUT2D eigenvalue weighted by atomic mass is 10.1. The predicted molar refractivity (Wildman–Crippen MR) is 73.7 cm³/mol. The first-order valence-electron chi connectivity index (χ1n) is 6.84. The largest absolute Gasteiger partial charge is 0.346 e. The van der Waals surface area contributed by atoms with Crippen molar-refractivity contribution in [3.8, 4) is 0 Å². The van der Waals surface area contributed by atoms with Crippen molar-refractivity contribution in [3.05, 3.63) is 29.8 Å². The second-order valence-corrected chi connectivity index (χ2v) is 4.73. The highest BCUT2D eigenvalue weighted by molar-refractivity contribution is 5.15. The van der Waals surface area contributed by atoms with Crippen molar-refractivity contribution in [2.45, 2.75) is 39.3 Å². The fourth-order valence-corrected chi connectivity index (χ4v) is 2.13. The van der Waals surface area contributed by atoms with Gasteiger partial charge in [-0.1, -0.05) is 13.8 Å². The molecule has 0 aliphatic heterocycles. The summed E-state index contributed by atoms with van der Waals surface area (Å²) in [4.78, 5) is 1.48. The van der Waals surface area contributed by atoms with Gasteiger partial charge in [0.1, 0.15) is 0 Å². The minimum atomic E-state index is 0.427. The topological polar surface area (TPSA) is 60.6 Å². The van der Waals surface area contributed by atoms with E-state index in [4.69, 9.17) is 0 Å². The minimum Gasteiger partial charge on any atom is -0.346 e. The van der Waals surface area contributed by atoms with E-state index in [9.17, 15) is 0 Å².